The lowest BCUT2D eigenvalue weighted by atomic mass is 10.1. The Morgan fingerprint density at radius 1 is 1.25 bits per heavy atom. The smallest absolute Gasteiger partial charge is 0.319 e. The second-order valence-corrected chi connectivity index (χ2v) is 5.64. The third-order valence-electron chi connectivity index (χ3n) is 3.28. The maximum absolute atomic E-state index is 12.4. The molecule has 0 aliphatic carbocycles. The first kappa shape index (κ1) is 17.5. The van der Waals surface area contributed by atoms with Gasteiger partial charge in [0.05, 0.1) is 6.04 Å². The molecule has 1 atom stereocenters. The minimum absolute atomic E-state index is 0.0312. The van der Waals surface area contributed by atoms with E-state index >= 15 is 0 Å². The number of nitrogens with one attached hydrogen (secondary N) is 4. The first-order chi connectivity index (χ1) is 11.5. The number of urea groups is 1. The van der Waals surface area contributed by atoms with Crippen LogP contribution in [0.3, 0.4) is 0 Å². The van der Waals surface area contributed by atoms with Crippen LogP contribution in [0, 0.1) is 0 Å². The molecule has 3 amide bonds. The predicted octanol–water partition coefficient (Wildman–Crippen LogP) is 2.22. The summed E-state index contributed by atoms with van der Waals surface area (Å²) in [5.41, 5.74) is 1.00. The molecule has 0 aliphatic heterocycles. The standard InChI is InChI=1S/C16H22N6O2/c1-4-13(14-17-9-18-22-14)21-15(23)11-6-5-7-12(8-11)20-16(24)19-10(2)3/h5-10,13H,4H2,1-3H3,(H,21,23)(H,17,18,22)(H2,19,20,24)/t13-/m1/s1. The minimum atomic E-state index is -0.310. The number of carbonyl (C=O) groups excluding carboxylic acids is 2. The fourth-order valence-electron chi connectivity index (χ4n) is 2.16. The molecule has 0 saturated carbocycles. The second-order valence-electron chi connectivity index (χ2n) is 5.64. The first-order valence-electron chi connectivity index (χ1n) is 7.83. The van der Waals surface area contributed by atoms with E-state index < -0.39 is 0 Å². The first-order valence-corrected chi connectivity index (χ1v) is 7.83. The summed E-state index contributed by atoms with van der Waals surface area (Å²) in [4.78, 5) is 28.2. The lowest BCUT2D eigenvalue weighted by Gasteiger charge is -2.15. The molecule has 0 unspecified atom stereocenters. The highest BCUT2D eigenvalue weighted by Crippen LogP contribution is 2.14. The van der Waals surface area contributed by atoms with Crippen molar-refractivity contribution in [1.82, 2.24) is 25.8 Å². The molecule has 0 spiro atoms. The molecular weight excluding hydrogens is 308 g/mol. The summed E-state index contributed by atoms with van der Waals surface area (Å²) in [6.07, 6.45) is 2.08. The minimum Gasteiger partial charge on any atom is -0.342 e. The fraction of sp³-hybridized carbons (Fsp3) is 0.375. The molecule has 128 valence electrons. The van der Waals surface area contributed by atoms with E-state index in [1.807, 2.05) is 20.8 Å². The average Bonchev–Trinajstić information content (AvgIpc) is 3.06. The van der Waals surface area contributed by atoms with Gasteiger partial charge in [-0.2, -0.15) is 5.10 Å². The number of amides is 3. The Morgan fingerprint density at radius 3 is 2.67 bits per heavy atom. The van der Waals surface area contributed by atoms with Crippen molar-refractivity contribution in [3.63, 3.8) is 0 Å². The topological polar surface area (TPSA) is 112 Å². The fourth-order valence-corrected chi connectivity index (χ4v) is 2.16. The molecule has 4 N–H and O–H groups in total. The van der Waals surface area contributed by atoms with E-state index in [-0.39, 0.29) is 24.0 Å². The summed E-state index contributed by atoms with van der Waals surface area (Å²) in [7, 11) is 0. The quantitative estimate of drug-likeness (QED) is 0.650. The van der Waals surface area contributed by atoms with Gasteiger partial charge in [-0.3, -0.25) is 9.89 Å². The van der Waals surface area contributed by atoms with E-state index in [4.69, 9.17) is 0 Å². The Bertz CT molecular complexity index is 684. The van der Waals surface area contributed by atoms with Gasteiger partial charge in [-0.25, -0.2) is 9.78 Å². The second kappa shape index (κ2) is 8.09. The molecule has 8 nitrogen and oxygen atoms in total. The van der Waals surface area contributed by atoms with Crippen molar-refractivity contribution in [3.8, 4) is 0 Å². The zero-order chi connectivity index (χ0) is 17.5. The summed E-state index contributed by atoms with van der Waals surface area (Å²) in [6, 6.07) is 6.23. The van der Waals surface area contributed by atoms with E-state index in [0.717, 1.165) is 0 Å². The number of carbonyl (C=O) groups is 2. The van der Waals surface area contributed by atoms with Crippen LogP contribution in [-0.2, 0) is 0 Å². The van der Waals surface area contributed by atoms with Crippen molar-refractivity contribution < 1.29 is 9.59 Å². The van der Waals surface area contributed by atoms with Gasteiger partial charge in [-0.1, -0.05) is 13.0 Å². The van der Waals surface area contributed by atoms with Gasteiger partial charge < -0.3 is 16.0 Å². The zero-order valence-corrected chi connectivity index (χ0v) is 14.0. The van der Waals surface area contributed by atoms with Crippen LogP contribution in [0.1, 0.15) is 49.4 Å². The highest BCUT2D eigenvalue weighted by Gasteiger charge is 2.16. The number of H-pyrrole nitrogens is 1. The summed E-state index contributed by atoms with van der Waals surface area (Å²) in [6.45, 7) is 5.69. The lowest BCUT2D eigenvalue weighted by Crippen LogP contribution is -2.34. The van der Waals surface area contributed by atoms with Crippen molar-refractivity contribution >= 4 is 17.6 Å². The van der Waals surface area contributed by atoms with Crippen LogP contribution in [-0.4, -0.2) is 33.2 Å². The number of hydrogen-bond donors (Lipinski definition) is 4. The molecule has 0 aliphatic rings. The average molecular weight is 330 g/mol. The monoisotopic (exact) mass is 330 g/mol. The normalized spacial score (nSPS) is 11.8. The molecule has 0 saturated heterocycles. The Balaban J connectivity index is 2.04. The molecule has 1 aromatic heterocycles. The van der Waals surface area contributed by atoms with E-state index in [1.165, 1.54) is 6.33 Å². The highest BCUT2D eigenvalue weighted by molar-refractivity contribution is 5.97. The Hall–Kier alpha value is -2.90. The van der Waals surface area contributed by atoms with Crippen molar-refractivity contribution in [2.45, 2.75) is 39.3 Å². The molecule has 8 heteroatoms. The van der Waals surface area contributed by atoms with Gasteiger partial charge in [-0.15, -0.1) is 0 Å². The molecule has 0 fully saturated rings. The molecule has 1 aromatic carbocycles. The number of benzene rings is 1. The Labute approximate surface area is 140 Å². The van der Waals surface area contributed by atoms with E-state index in [9.17, 15) is 9.59 Å². The number of nitrogens with zero attached hydrogens (tertiary/aromatic N) is 2. The van der Waals surface area contributed by atoms with Crippen molar-refractivity contribution in [1.29, 1.82) is 0 Å². The Kier molecular flexibility index (Phi) is 5.89. The highest BCUT2D eigenvalue weighted by atomic mass is 16.2. The van der Waals surface area contributed by atoms with Gasteiger partial charge in [-0.05, 0) is 38.5 Å². The van der Waals surface area contributed by atoms with Gasteiger partial charge in [0, 0.05) is 17.3 Å². The predicted molar refractivity (Wildman–Crippen MR) is 90.6 cm³/mol. The van der Waals surface area contributed by atoms with Gasteiger partial charge in [0.15, 0.2) is 0 Å². The van der Waals surface area contributed by atoms with Crippen LogP contribution in [0.4, 0.5) is 10.5 Å². The van der Waals surface area contributed by atoms with Crippen LogP contribution in [0.15, 0.2) is 30.6 Å². The third kappa shape index (κ3) is 4.80. The lowest BCUT2D eigenvalue weighted by molar-refractivity contribution is 0.0933. The SMILES string of the molecule is CC[C@@H](NC(=O)c1cccc(NC(=O)NC(C)C)c1)c1ncn[nH]1. The summed E-state index contributed by atoms with van der Waals surface area (Å²) >= 11 is 0. The summed E-state index contributed by atoms with van der Waals surface area (Å²) in [5, 5.41) is 14.9. The molecular formula is C16H22N6O2. The molecule has 2 aromatic rings. The summed E-state index contributed by atoms with van der Waals surface area (Å²) < 4.78 is 0. The van der Waals surface area contributed by atoms with Crippen LogP contribution in [0.25, 0.3) is 0 Å². The van der Waals surface area contributed by atoms with Gasteiger partial charge >= 0.3 is 6.03 Å². The molecule has 0 bridgehead atoms. The van der Waals surface area contributed by atoms with Crippen LogP contribution in [0.5, 0.6) is 0 Å². The van der Waals surface area contributed by atoms with Gasteiger partial charge in [0.25, 0.3) is 5.91 Å². The van der Waals surface area contributed by atoms with Crippen LogP contribution in [0.2, 0.25) is 0 Å². The van der Waals surface area contributed by atoms with E-state index in [1.54, 1.807) is 24.3 Å². The molecule has 2 rings (SSSR count). The van der Waals surface area contributed by atoms with Crippen molar-refractivity contribution in [2.75, 3.05) is 5.32 Å². The molecule has 1 heterocycles. The van der Waals surface area contributed by atoms with Crippen molar-refractivity contribution in [2.24, 2.45) is 0 Å². The molecule has 0 radical (unpaired) electrons. The molecule has 24 heavy (non-hydrogen) atoms. The van der Waals surface area contributed by atoms with Crippen LogP contribution < -0.4 is 16.0 Å². The Morgan fingerprint density at radius 2 is 2.04 bits per heavy atom. The maximum Gasteiger partial charge on any atom is 0.319 e. The number of hydrogen-bond acceptors (Lipinski definition) is 4. The third-order valence-corrected chi connectivity index (χ3v) is 3.28. The van der Waals surface area contributed by atoms with Crippen molar-refractivity contribution in [3.05, 3.63) is 42.0 Å². The van der Waals surface area contributed by atoms with Gasteiger partial charge in [0.1, 0.15) is 12.2 Å². The van der Waals surface area contributed by atoms with Gasteiger partial charge in [0.2, 0.25) is 0 Å². The number of rotatable bonds is 6. The maximum atomic E-state index is 12.4. The number of aromatic nitrogens is 3. The zero-order valence-electron chi connectivity index (χ0n) is 14.0. The summed E-state index contributed by atoms with van der Waals surface area (Å²) in [5.74, 6) is 0.364. The number of anilines is 1. The van der Waals surface area contributed by atoms with Crippen LogP contribution >= 0.6 is 0 Å². The largest absolute Gasteiger partial charge is 0.342 e. The number of aromatic amines is 1. The van der Waals surface area contributed by atoms with E-state index in [0.29, 0.717) is 23.5 Å². The van der Waals surface area contributed by atoms with E-state index in [2.05, 4.69) is 31.1 Å².